The van der Waals surface area contributed by atoms with Gasteiger partial charge in [-0.05, 0) is 43.9 Å². The maximum atomic E-state index is 2.50. The van der Waals surface area contributed by atoms with Gasteiger partial charge in [-0.1, -0.05) is 35.5 Å². The predicted molar refractivity (Wildman–Crippen MR) is 62.2 cm³/mol. The molecule has 0 N–H and O–H groups in total. The molecule has 4 aliphatic carbocycles. The summed E-state index contributed by atoms with van der Waals surface area (Å²) in [6.07, 6.45) is 11.5. The van der Waals surface area contributed by atoms with Crippen LogP contribution in [0.2, 0.25) is 0 Å². The molecule has 0 aromatic carbocycles. The molecular weight excluding hydrogens is 180 g/mol. The van der Waals surface area contributed by atoms with E-state index in [1.165, 1.54) is 6.42 Å². The van der Waals surface area contributed by atoms with Crippen molar-refractivity contribution in [3.05, 3.63) is 35.5 Å². The quantitative estimate of drug-likeness (QED) is 0.412. The zero-order valence-electron chi connectivity index (χ0n) is 9.48. The Morgan fingerprint density at radius 3 is 1.93 bits per heavy atom. The standard InChI is InChI=1S/C15H18/c1-8(2)13-11-5-6-12(13)15-10-4-3-9(7-10)14(11)15/h3-6,9-12,14-15H,7H2,1-2H3/t9-,10+,11-,12+,14?,15?. The third-order valence-corrected chi connectivity index (χ3v) is 5.23. The first-order valence-electron chi connectivity index (χ1n) is 6.31. The second kappa shape index (κ2) is 2.48. The van der Waals surface area contributed by atoms with Crippen molar-refractivity contribution < 1.29 is 0 Å². The molecule has 0 aromatic rings. The first kappa shape index (κ1) is 8.38. The van der Waals surface area contributed by atoms with E-state index >= 15 is 0 Å². The van der Waals surface area contributed by atoms with Gasteiger partial charge in [0.2, 0.25) is 0 Å². The molecule has 4 bridgehead atoms. The fourth-order valence-electron chi connectivity index (χ4n) is 4.92. The summed E-state index contributed by atoms with van der Waals surface area (Å²) in [5.74, 6) is 5.39. The smallest absolute Gasteiger partial charge is 0.00225 e. The lowest BCUT2D eigenvalue weighted by molar-refractivity contribution is 0.290. The average molecular weight is 198 g/mol. The highest BCUT2D eigenvalue weighted by molar-refractivity contribution is 5.42. The van der Waals surface area contributed by atoms with Crippen molar-refractivity contribution in [1.29, 1.82) is 0 Å². The summed E-state index contributed by atoms with van der Waals surface area (Å²) < 4.78 is 0. The monoisotopic (exact) mass is 198 g/mol. The lowest BCUT2D eigenvalue weighted by Crippen LogP contribution is -2.23. The van der Waals surface area contributed by atoms with Gasteiger partial charge >= 0.3 is 0 Å². The third-order valence-electron chi connectivity index (χ3n) is 5.23. The molecule has 4 rings (SSSR count). The van der Waals surface area contributed by atoms with Crippen LogP contribution in [0.4, 0.5) is 0 Å². The summed E-state index contributed by atoms with van der Waals surface area (Å²) >= 11 is 0. The van der Waals surface area contributed by atoms with Crippen LogP contribution in [-0.2, 0) is 0 Å². The van der Waals surface area contributed by atoms with Gasteiger partial charge in [-0.15, -0.1) is 0 Å². The molecule has 0 nitrogen and oxygen atoms in total. The molecule has 2 fully saturated rings. The molecule has 0 heterocycles. The molecule has 0 radical (unpaired) electrons. The lowest BCUT2D eigenvalue weighted by atomic mass is 9.76. The van der Waals surface area contributed by atoms with Crippen molar-refractivity contribution in [1.82, 2.24) is 0 Å². The molecule has 0 aromatic heterocycles. The highest BCUT2D eigenvalue weighted by atomic mass is 14.6. The van der Waals surface area contributed by atoms with Crippen LogP contribution in [0.25, 0.3) is 0 Å². The van der Waals surface area contributed by atoms with E-state index in [9.17, 15) is 0 Å². The minimum atomic E-state index is 0.810. The summed E-state index contributed by atoms with van der Waals surface area (Å²) in [5, 5.41) is 0. The highest BCUT2D eigenvalue weighted by Gasteiger charge is 2.58. The van der Waals surface area contributed by atoms with Crippen molar-refractivity contribution >= 4 is 0 Å². The average Bonchev–Trinajstić information content (AvgIpc) is 2.95. The minimum Gasteiger partial charge on any atom is -0.0848 e. The van der Waals surface area contributed by atoms with Gasteiger partial charge in [0.15, 0.2) is 0 Å². The molecule has 0 spiro atoms. The maximum absolute atomic E-state index is 2.50. The third kappa shape index (κ3) is 0.814. The van der Waals surface area contributed by atoms with E-state index in [0.717, 1.165) is 35.5 Å². The largest absolute Gasteiger partial charge is 0.0848 e. The molecule has 15 heavy (non-hydrogen) atoms. The van der Waals surface area contributed by atoms with Crippen molar-refractivity contribution in [2.24, 2.45) is 35.5 Å². The highest BCUT2D eigenvalue weighted by Crippen LogP contribution is 2.65. The number of allylic oxidation sites excluding steroid dienone is 6. The summed E-state index contributed by atoms with van der Waals surface area (Å²) in [4.78, 5) is 0. The Hall–Kier alpha value is -0.780. The van der Waals surface area contributed by atoms with Gasteiger partial charge in [-0.3, -0.25) is 0 Å². The van der Waals surface area contributed by atoms with Crippen LogP contribution in [0.15, 0.2) is 35.5 Å². The van der Waals surface area contributed by atoms with Crippen LogP contribution in [0, 0.1) is 35.5 Å². The lowest BCUT2D eigenvalue weighted by Gasteiger charge is -2.27. The minimum absolute atomic E-state index is 0.810. The Bertz CT molecular complexity index is 376. The number of hydrogen-bond acceptors (Lipinski definition) is 0. The zero-order chi connectivity index (χ0) is 10.2. The molecule has 0 amide bonds. The van der Waals surface area contributed by atoms with Crippen LogP contribution < -0.4 is 0 Å². The van der Waals surface area contributed by atoms with E-state index in [1.54, 1.807) is 11.1 Å². The number of hydrogen-bond donors (Lipinski definition) is 0. The Morgan fingerprint density at radius 2 is 1.47 bits per heavy atom. The van der Waals surface area contributed by atoms with Gasteiger partial charge in [0.1, 0.15) is 0 Å². The second-order valence-corrected chi connectivity index (χ2v) is 5.99. The van der Waals surface area contributed by atoms with E-state index in [1.807, 2.05) is 0 Å². The van der Waals surface area contributed by atoms with E-state index in [4.69, 9.17) is 0 Å². The van der Waals surface area contributed by atoms with Gasteiger partial charge in [-0.25, -0.2) is 0 Å². The van der Waals surface area contributed by atoms with E-state index in [-0.39, 0.29) is 0 Å². The van der Waals surface area contributed by atoms with Crippen LogP contribution in [0.5, 0.6) is 0 Å². The Balaban J connectivity index is 1.86. The van der Waals surface area contributed by atoms with Gasteiger partial charge in [0.05, 0.1) is 0 Å². The Morgan fingerprint density at radius 1 is 0.933 bits per heavy atom. The Kier molecular flexibility index (Phi) is 1.39. The van der Waals surface area contributed by atoms with Crippen molar-refractivity contribution in [2.75, 3.05) is 0 Å². The molecule has 6 atom stereocenters. The predicted octanol–water partition coefficient (Wildman–Crippen LogP) is 3.58. The van der Waals surface area contributed by atoms with Crippen molar-refractivity contribution in [2.45, 2.75) is 20.3 Å². The van der Waals surface area contributed by atoms with E-state index < -0.39 is 0 Å². The van der Waals surface area contributed by atoms with Gasteiger partial charge < -0.3 is 0 Å². The van der Waals surface area contributed by atoms with Gasteiger partial charge in [0.25, 0.3) is 0 Å². The van der Waals surface area contributed by atoms with Gasteiger partial charge in [-0.2, -0.15) is 0 Å². The van der Waals surface area contributed by atoms with E-state index in [2.05, 4.69) is 38.2 Å². The molecule has 4 aliphatic rings. The normalized spacial score (nSPS) is 53.1. The van der Waals surface area contributed by atoms with Crippen molar-refractivity contribution in [3.63, 3.8) is 0 Å². The summed E-state index contributed by atoms with van der Waals surface area (Å²) in [5.41, 5.74) is 3.37. The molecular formula is C15H18. The molecule has 2 saturated carbocycles. The maximum Gasteiger partial charge on any atom is 0.00225 e. The first-order valence-corrected chi connectivity index (χ1v) is 6.31. The van der Waals surface area contributed by atoms with E-state index in [0.29, 0.717) is 0 Å². The topological polar surface area (TPSA) is 0 Å². The van der Waals surface area contributed by atoms with Crippen LogP contribution in [0.3, 0.4) is 0 Å². The first-order chi connectivity index (χ1) is 7.27. The summed E-state index contributed by atoms with van der Waals surface area (Å²) in [7, 11) is 0. The fourth-order valence-corrected chi connectivity index (χ4v) is 4.92. The van der Waals surface area contributed by atoms with Crippen LogP contribution in [-0.4, -0.2) is 0 Å². The molecule has 78 valence electrons. The molecule has 0 heteroatoms. The summed E-state index contributed by atoms with van der Waals surface area (Å²) in [6.45, 7) is 4.61. The number of fused-ring (bicyclic) bond motifs is 9. The molecule has 0 aliphatic heterocycles. The van der Waals surface area contributed by atoms with Gasteiger partial charge in [0, 0.05) is 11.8 Å². The molecule has 2 unspecified atom stereocenters. The number of rotatable bonds is 0. The fraction of sp³-hybridized carbons (Fsp3) is 0.600. The van der Waals surface area contributed by atoms with Crippen LogP contribution in [0.1, 0.15) is 20.3 Å². The summed E-state index contributed by atoms with van der Waals surface area (Å²) in [6, 6.07) is 0. The SMILES string of the molecule is CC(C)=C1[C@H]2C=C[C@@H]1C1C2[C@@H]2C=C[C@H]1C2. The zero-order valence-corrected chi connectivity index (χ0v) is 9.48. The molecule has 0 saturated heterocycles. The van der Waals surface area contributed by atoms with Crippen molar-refractivity contribution in [3.8, 4) is 0 Å². The second-order valence-electron chi connectivity index (χ2n) is 5.99. The Labute approximate surface area is 91.8 Å². The van der Waals surface area contributed by atoms with Crippen LogP contribution >= 0.6 is 0 Å².